The first-order valence-corrected chi connectivity index (χ1v) is 15.2. The molecule has 0 saturated carbocycles. The van der Waals surface area contributed by atoms with E-state index in [-0.39, 0.29) is 51.1 Å². The first kappa shape index (κ1) is 31.2. The molecule has 240 valence electrons. The van der Waals surface area contributed by atoms with E-state index in [2.05, 4.69) is 19.6 Å². The predicted molar refractivity (Wildman–Crippen MR) is 151 cm³/mol. The normalized spacial score (nSPS) is 14.2. The summed E-state index contributed by atoms with van der Waals surface area (Å²) in [5, 5.41) is 14.1. The van der Waals surface area contributed by atoms with E-state index in [9.17, 15) is 35.5 Å². The Morgan fingerprint density at radius 3 is 2.33 bits per heavy atom. The Kier molecular flexibility index (Phi) is 7.20. The Labute approximate surface area is 257 Å². The number of benzene rings is 3. The van der Waals surface area contributed by atoms with Crippen molar-refractivity contribution in [3.63, 3.8) is 0 Å². The van der Waals surface area contributed by atoms with Crippen LogP contribution in [0.3, 0.4) is 0 Å². The molecule has 0 bridgehead atoms. The van der Waals surface area contributed by atoms with E-state index in [1.807, 2.05) is 0 Å². The minimum Gasteiger partial charge on any atom is -0.395 e. The monoisotopic (exact) mass is 664 g/mol. The number of hydrogen-bond donors (Lipinski definition) is 1. The van der Waals surface area contributed by atoms with Gasteiger partial charge in [0, 0.05) is 29.6 Å². The van der Waals surface area contributed by atoms with Gasteiger partial charge in [-0.15, -0.1) is 8.78 Å². The lowest BCUT2D eigenvalue weighted by Crippen LogP contribution is -2.25. The molecule has 9 nitrogen and oxygen atoms in total. The summed E-state index contributed by atoms with van der Waals surface area (Å²) in [5.41, 5.74) is 0.153. The fraction of sp³-hybridized carbons (Fsp3) is 0.200. The van der Waals surface area contributed by atoms with Gasteiger partial charge in [-0.3, -0.25) is 0 Å². The minimum atomic E-state index is -4.75. The van der Waals surface area contributed by atoms with Crippen molar-refractivity contribution < 1.29 is 49.3 Å². The number of aryl methyl sites for hydroxylation is 2. The van der Waals surface area contributed by atoms with Crippen molar-refractivity contribution in [2.24, 2.45) is 0 Å². The maximum atomic E-state index is 15.1. The molecule has 0 amide bonds. The number of imidazole rings is 1. The highest BCUT2D eigenvalue weighted by Crippen LogP contribution is 2.43. The highest BCUT2D eigenvalue weighted by molar-refractivity contribution is 7.90. The molecule has 0 spiro atoms. The van der Waals surface area contributed by atoms with Crippen molar-refractivity contribution in [1.82, 2.24) is 19.3 Å². The van der Waals surface area contributed by atoms with E-state index < -0.39 is 50.9 Å². The maximum Gasteiger partial charge on any atom is 0.586 e. The van der Waals surface area contributed by atoms with Gasteiger partial charge in [0.25, 0.3) is 0 Å². The van der Waals surface area contributed by atoms with Gasteiger partial charge in [-0.25, -0.2) is 22.5 Å². The topological polar surface area (TPSA) is 108 Å². The number of fused-ring (bicyclic) bond motifs is 1. The quantitative estimate of drug-likeness (QED) is 0.210. The Morgan fingerprint density at radius 1 is 0.957 bits per heavy atom. The Balaban J connectivity index is 1.60. The molecule has 16 heteroatoms. The first-order chi connectivity index (χ1) is 21.4. The average molecular weight is 665 g/mol. The molecule has 5 aromatic rings. The van der Waals surface area contributed by atoms with Gasteiger partial charge in [-0.1, -0.05) is 6.07 Å². The fourth-order valence-electron chi connectivity index (χ4n) is 5.20. The molecule has 1 aliphatic heterocycles. The lowest BCUT2D eigenvalue weighted by molar-refractivity contribution is -0.286. The highest BCUT2D eigenvalue weighted by atomic mass is 32.2. The number of aromatic nitrogens is 4. The van der Waals surface area contributed by atoms with Crippen LogP contribution >= 0.6 is 0 Å². The van der Waals surface area contributed by atoms with Gasteiger partial charge in [0.15, 0.2) is 27.0 Å². The molecule has 3 heterocycles. The van der Waals surface area contributed by atoms with Gasteiger partial charge in [0.1, 0.15) is 11.6 Å². The van der Waals surface area contributed by atoms with Crippen molar-refractivity contribution in [2.45, 2.75) is 37.8 Å². The number of alkyl halides is 5. The van der Waals surface area contributed by atoms with Crippen LogP contribution in [0.5, 0.6) is 11.5 Å². The summed E-state index contributed by atoms with van der Waals surface area (Å²) in [6.45, 7) is 2.13. The van der Waals surface area contributed by atoms with Crippen LogP contribution in [0.2, 0.25) is 0 Å². The second-order valence-electron chi connectivity index (χ2n) is 10.5. The van der Waals surface area contributed by atoms with E-state index >= 15 is 4.39 Å². The zero-order valence-corrected chi connectivity index (χ0v) is 24.8. The molecular weight excluding hydrogens is 642 g/mol. The van der Waals surface area contributed by atoms with Crippen molar-refractivity contribution in [3.8, 4) is 45.3 Å². The maximum absolute atomic E-state index is 15.1. The molecule has 0 radical (unpaired) electrons. The molecule has 0 aliphatic carbocycles. The summed E-state index contributed by atoms with van der Waals surface area (Å²) in [6.07, 6.45) is -6.97. The molecule has 0 fully saturated rings. The average Bonchev–Trinajstić information content (AvgIpc) is 3.64. The van der Waals surface area contributed by atoms with E-state index in [0.717, 1.165) is 18.5 Å². The van der Waals surface area contributed by atoms with E-state index in [1.54, 1.807) is 13.0 Å². The van der Waals surface area contributed by atoms with Crippen LogP contribution in [0, 0.1) is 19.7 Å². The van der Waals surface area contributed by atoms with E-state index in [1.165, 1.54) is 58.6 Å². The van der Waals surface area contributed by atoms with Crippen LogP contribution < -0.4 is 9.47 Å². The summed E-state index contributed by atoms with van der Waals surface area (Å²) < 4.78 is 120. The molecular formula is C30H22F6N4O5S. The Hall–Kier alpha value is -4.83. The third kappa shape index (κ3) is 5.58. The van der Waals surface area contributed by atoms with Crippen LogP contribution in [-0.4, -0.2) is 45.4 Å². The number of rotatable bonds is 6. The van der Waals surface area contributed by atoms with Gasteiger partial charge in [0.2, 0.25) is 0 Å². The second-order valence-corrected chi connectivity index (χ2v) is 12.5. The Morgan fingerprint density at radius 2 is 1.67 bits per heavy atom. The molecule has 2 aromatic heterocycles. The van der Waals surface area contributed by atoms with Crippen LogP contribution in [0.4, 0.5) is 26.3 Å². The van der Waals surface area contributed by atoms with Crippen molar-refractivity contribution >= 4 is 9.84 Å². The largest absolute Gasteiger partial charge is 0.586 e. The lowest BCUT2D eigenvalue weighted by Gasteiger charge is -2.17. The number of nitrogens with zero attached hydrogens (tertiary/aromatic N) is 4. The van der Waals surface area contributed by atoms with Crippen LogP contribution in [-0.2, 0) is 22.6 Å². The first-order valence-electron chi connectivity index (χ1n) is 13.3. The predicted octanol–water partition coefficient (Wildman–Crippen LogP) is 6.38. The standard InChI is InChI=1S/C30H22F6N4O5S/c1-15-8-24(40(38-15)19-5-7-25-26(12-19)45-30(35,36)44-25)20-9-17(18-10-22(31)21(14-41)27(11-18)46(3,42)43)4-6-23(20)39-13-28(29(32,33)34)37-16(39)2/h4-13,41H,14H2,1-3H3. The minimum absolute atomic E-state index is 0.0212. The summed E-state index contributed by atoms with van der Waals surface area (Å²) in [4.78, 5) is 3.22. The van der Waals surface area contributed by atoms with Gasteiger partial charge >= 0.3 is 12.5 Å². The fourth-order valence-corrected chi connectivity index (χ4v) is 6.15. The van der Waals surface area contributed by atoms with Crippen molar-refractivity contribution in [1.29, 1.82) is 0 Å². The van der Waals surface area contributed by atoms with Gasteiger partial charge in [-0.05, 0) is 67.4 Å². The second kappa shape index (κ2) is 10.6. The number of hydrogen-bond acceptors (Lipinski definition) is 7. The zero-order valence-electron chi connectivity index (χ0n) is 24.0. The number of aliphatic hydroxyl groups is 1. The number of aliphatic hydroxyl groups excluding tert-OH is 1. The molecule has 3 aromatic carbocycles. The van der Waals surface area contributed by atoms with Crippen molar-refractivity contribution in [2.75, 3.05) is 6.26 Å². The third-order valence-electron chi connectivity index (χ3n) is 7.21. The Bertz CT molecular complexity index is 2140. The molecule has 46 heavy (non-hydrogen) atoms. The highest BCUT2D eigenvalue weighted by Gasteiger charge is 2.43. The van der Waals surface area contributed by atoms with Gasteiger partial charge in [-0.2, -0.15) is 18.3 Å². The SMILES string of the molecule is Cc1cc(-c2cc(-c3cc(F)c(CO)c(S(C)(=O)=O)c3)ccc2-n2cc(C(F)(F)F)nc2C)n(-c2ccc3c(c2)OC(F)(F)O3)n1. The third-order valence-corrected chi connectivity index (χ3v) is 8.37. The molecule has 1 aliphatic rings. The van der Waals surface area contributed by atoms with Gasteiger partial charge in [0.05, 0.1) is 34.3 Å². The lowest BCUT2D eigenvalue weighted by atomic mass is 9.98. The zero-order chi connectivity index (χ0) is 33.3. The molecule has 0 saturated heterocycles. The molecule has 1 N–H and O–H groups in total. The summed E-state index contributed by atoms with van der Waals surface area (Å²) in [5.74, 6) is -1.49. The number of sulfone groups is 1. The number of halogens is 6. The molecule has 6 rings (SSSR count). The van der Waals surface area contributed by atoms with Gasteiger partial charge < -0.3 is 19.1 Å². The van der Waals surface area contributed by atoms with E-state index in [0.29, 0.717) is 5.69 Å². The summed E-state index contributed by atoms with van der Waals surface area (Å²) in [7, 11) is -3.99. The molecule has 0 unspecified atom stereocenters. The summed E-state index contributed by atoms with van der Waals surface area (Å²) in [6, 6.07) is 12.1. The van der Waals surface area contributed by atoms with E-state index in [4.69, 9.17) is 0 Å². The van der Waals surface area contributed by atoms with Crippen LogP contribution in [0.25, 0.3) is 33.8 Å². The smallest absolute Gasteiger partial charge is 0.395 e. The number of ether oxygens (including phenoxy) is 2. The van der Waals surface area contributed by atoms with Crippen LogP contribution in [0.15, 0.2) is 65.7 Å². The van der Waals surface area contributed by atoms with Crippen molar-refractivity contribution in [3.05, 3.63) is 89.4 Å². The molecule has 0 atom stereocenters. The van der Waals surface area contributed by atoms with Crippen LogP contribution in [0.1, 0.15) is 22.8 Å². The summed E-state index contributed by atoms with van der Waals surface area (Å²) >= 11 is 0.